The number of thiocarbonyl (C=S) groups is 1. The molecule has 0 radical (unpaired) electrons. The Labute approximate surface area is 186 Å². The monoisotopic (exact) mass is 440 g/mol. The molecule has 1 heterocycles. The summed E-state index contributed by atoms with van der Waals surface area (Å²) in [4.78, 5) is 26.8. The molecule has 162 valence electrons. The molecule has 1 aliphatic rings. The van der Waals surface area contributed by atoms with Crippen LogP contribution in [0.25, 0.3) is 0 Å². The van der Waals surface area contributed by atoms with Gasteiger partial charge in [0.1, 0.15) is 0 Å². The maximum Gasteiger partial charge on any atom is 0.343 e. The molecule has 1 N–H and O–H groups in total. The highest BCUT2D eigenvalue weighted by atomic mass is 32.1. The Hall–Kier alpha value is -3.39. The maximum atomic E-state index is 12.7. The molecule has 0 fully saturated rings. The van der Waals surface area contributed by atoms with Crippen LogP contribution in [0.5, 0.6) is 11.5 Å². The summed E-state index contributed by atoms with van der Waals surface area (Å²) in [6.07, 6.45) is 0. The summed E-state index contributed by atoms with van der Waals surface area (Å²) in [5.74, 6) is -0.290. The normalized spacial score (nSPS) is 15.9. The van der Waals surface area contributed by atoms with Gasteiger partial charge in [-0.15, -0.1) is 0 Å². The number of ether oxygens (including phenoxy) is 3. The van der Waals surface area contributed by atoms with E-state index in [1.807, 2.05) is 13.0 Å². The van der Waals surface area contributed by atoms with Crippen LogP contribution in [0.1, 0.15) is 35.8 Å². The second-order valence-electron chi connectivity index (χ2n) is 6.83. The molecule has 2 aromatic carbocycles. The zero-order chi connectivity index (χ0) is 22.5. The number of benzene rings is 2. The second kappa shape index (κ2) is 9.61. The zero-order valence-electron chi connectivity index (χ0n) is 17.8. The number of esters is 2. The van der Waals surface area contributed by atoms with Crippen molar-refractivity contribution in [2.75, 3.05) is 20.8 Å². The number of carbonyl (C=O) groups is 2. The van der Waals surface area contributed by atoms with Crippen molar-refractivity contribution in [2.45, 2.75) is 19.9 Å². The van der Waals surface area contributed by atoms with E-state index in [4.69, 9.17) is 26.4 Å². The Kier molecular flexibility index (Phi) is 6.91. The molecule has 7 nitrogen and oxygen atoms in total. The standard InChI is InChI=1S/C23H24N2O5S/c1-5-29-22(27)19-14(2)25(3)23(31)24-20(19)16-11-12-17(18(13-16)28-4)30-21(26)15-9-7-6-8-10-15/h6-13,20H,5H2,1-4H3,(H,24,31)/t20-/m1/s1. The van der Waals surface area contributed by atoms with Gasteiger partial charge < -0.3 is 24.4 Å². The minimum absolute atomic E-state index is 0.258. The topological polar surface area (TPSA) is 77.1 Å². The zero-order valence-corrected chi connectivity index (χ0v) is 18.6. The molecule has 0 saturated carbocycles. The molecule has 0 aromatic heterocycles. The van der Waals surface area contributed by atoms with Gasteiger partial charge in [-0.2, -0.15) is 0 Å². The van der Waals surface area contributed by atoms with Gasteiger partial charge in [0.25, 0.3) is 0 Å². The van der Waals surface area contributed by atoms with Gasteiger partial charge >= 0.3 is 11.9 Å². The van der Waals surface area contributed by atoms with Crippen LogP contribution in [-0.4, -0.2) is 42.7 Å². The fraction of sp³-hybridized carbons (Fsp3) is 0.261. The van der Waals surface area contributed by atoms with Gasteiger partial charge in [0.2, 0.25) is 0 Å². The highest BCUT2D eigenvalue weighted by Gasteiger charge is 2.34. The predicted molar refractivity (Wildman–Crippen MR) is 120 cm³/mol. The van der Waals surface area contributed by atoms with Gasteiger partial charge in [-0.3, -0.25) is 0 Å². The molecule has 31 heavy (non-hydrogen) atoms. The van der Waals surface area contributed by atoms with Crippen molar-refractivity contribution < 1.29 is 23.8 Å². The van der Waals surface area contributed by atoms with Crippen LogP contribution in [0.4, 0.5) is 0 Å². The first-order valence-corrected chi connectivity index (χ1v) is 10.2. The fourth-order valence-electron chi connectivity index (χ4n) is 3.24. The average Bonchev–Trinajstić information content (AvgIpc) is 2.78. The number of hydrogen-bond donors (Lipinski definition) is 1. The predicted octanol–water partition coefficient (Wildman–Crippen LogP) is 3.61. The lowest BCUT2D eigenvalue weighted by Gasteiger charge is -2.35. The Morgan fingerprint density at radius 1 is 1.10 bits per heavy atom. The van der Waals surface area contributed by atoms with Crippen molar-refractivity contribution in [3.63, 3.8) is 0 Å². The molecule has 0 unspecified atom stereocenters. The summed E-state index contributed by atoms with van der Waals surface area (Å²) < 4.78 is 16.2. The Morgan fingerprint density at radius 3 is 2.45 bits per heavy atom. The van der Waals surface area contributed by atoms with Gasteiger partial charge in [0.15, 0.2) is 16.6 Å². The van der Waals surface area contributed by atoms with Crippen LogP contribution in [0, 0.1) is 0 Å². The lowest BCUT2D eigenvalue weighted by Crippen LogP contribution is -2.46. The first-order chi connectivity index (χ1) is 14.9. The average molecular weight is 441 g/mol. The van der Waals surface area contributed by atoms with Gasteiger partial charge in [-0.1, -0.05) is 24.3 Å². The number of nitrogens with one attached hydrogen (secondary N) is 1. The van der Waals surface area contributed by atoms with E-state index in [2.05, 4.69) is 5.32 Å². The summed E-state index contributed by atoms with van der Waals surface area (Å²) in [5.41, 5.74) is 2.30. The summed E-state index contributed by atoms with van der Waals surface area (Å²) in [6, 6.07) is 13.3. The Morgan fingerprint density at radius 2 is 1.81 bits per heavy atom. The van der Waals surface area contributed by atoms with E-state index in [0.29, 0.717) is 33.3 Å². The quantitative estimate of drug-likeness (QED) is 0.415. The third-order valence-corrected chi connectivity index (χ3v) is 5.37. The molecule has 1 atom stereocenters. The highest BCUT2D eigenvalue weighted by Crippen LogP contribution is 2.36. The van der Waals surface area contributed by atoms with Crippen molar-refractivity contribution in [2.24, 2.45) is 0 Å². The van der Waals surface area contributed by atoms with Gasteiger partial charge in [-0.05, 0) is 55.9 Å². The number of allylic oxidation sites excluding steroid dienone is 1. The lowest BCUT2D eigenvalue weighted by molar-refractivity contribution is -0.139. The molecule has 0 bridgehead atoms. The van der Waals surface area contributed by atoms with Crippen LogP contribution in [-0.2, 0) is 9.53 Å². The van der Waals surface area contributed by atoms with E-state index < -0.39 is 18.0 Å². The third kappa shape index (κ3) is 4.69. The van der Waals surface area contributed by atoms with Crippen molar-refractivity contribution in [3.8, 4) is 11.5 Å². The number of rotatable bonds is 6. The molecule has 3 rings (SSSR count). The summed E-state index contributed by atoms with van der Waals surface area (Å²) >= 11 is 5.41. The molecule has 8 heteroatoms. The molecule has 0 saturated heterocycles. The van der Waals surface area contributed by atoms with Crippen LogP contribution in [0.2, 0.25) is 0 Å². The Balaban J connectivity index is 1.96. The van der Waals surface area contributed by atoms with E-state index in [1.54, 1.807) is 61.3 Å². The van der Waals surface area contributed by atoms with E-state index in [1.165, 1.54) is 7.11 Å². The van der Waals surface area contributed by atoms with E-state index in [-0.39, 0.29) is 12.4 Å². The minimum Gasteiger partial charge on any atom is -0.493 e. The Bertz CT molecular complexity index is 1040. The number of methoxy groups -OCH3 is 1. The first-order valence-electron chi connectivity index (χ1n) is 9.74. The molecule has 0 spiro atoms. The van der Waals surface area contributed by atoms with E-state index >= 15 is 0 Å². The number of nitrogens with zero attached hydrogens (tertiary/aromatic N) is 1. The van der Waals surface area contributed by atoms with Crippen LogP contribution >= 0.6 is 12.2 Å². The SMILES string of the molecule is CCOC(=O)C1=C(C)N(C)C(=S)N[C@@H]1c1ccc(OC(=O)c2ccccc2)c(OC)c1. The lowest BCUT2D eigenvalue weighted by atomic mass is 9.95. The van der Waals surface area contributed by atoms with Crippen molar-refractivity contribution in [1.29, 1.82) is 0 Å². The highest BCUT2D eigenvalue weighted by molar-refractivity contribution is 7.80. The van der Waals surface area contributed by atoms with Crippen LogP contribution < -0.4 is 14.8 Å². The number of carbonyl (C=O) groups excluding carboxylic acids is 2. The first kappa shape index (κ1) is 22.3. The summed E-state index contributed by atoms with van der Waals surface area (Å²) in [6.45, 7) is 3.83. The van der Waals surface area contributed by atoms with Crippen LogP contribution in [0.3, 0.4) is 0 Å². The van der Waals surface area contributed by atoms with Crippen molar-refractivity contribution in [1.82, 2.24) is 10.2 Å². The second-order valence-corrected chi connectivity index (χ2v) is 7.21. The van der Waals surface area contributed by atoms with Crippen molar-refractivity contribution >= 4 is 29.3 Å². The molecular formula is C23H24N2O5S. The molecule has 1 aliphatic heterocycles. The number of hydrogen-bond acceptors (Lipinski definition) is 6. The molecular weight excluding hydrogens is 416 g/mol. The van der Waals surface area contributed by atoms with Gasteiger partial charge in [-0.25, -0.2) is 9.59 Å². The minimum atomic E-state index is -0.532. The van der Waals surface area contributed by atoms with E-state index in [9.17, 15) is 9.59 Å². The van der Waals surface area contributed by atoms with Crippen molar-refractivity contribution in [3.05, 3.63) is 70.9 Å². The fourth-order valence-corrected chi connectivity index (χ4v) is 3.49. The third-order valence-electron chi connectivity index (χ3n) is 4.98. The maximum absolute atomic E-state index is 12.7. The van der Waals surface area contributed by atoms with E-state index in [0.717, 1.165) is 0 Å². The van der Waals surface area contributed by atoms with Gasteiger partial charge in [0, 0.05) is 12.7 Å². The smallest absolute Gasteiger partial charge is 0.343 e. The van der Waals surface area contributed by atoms with Gasteiger partial charge in [0.05, 0.1) is 30.9 Å². The molecule has 2 aromatic rings. The van der Waals surface area contributed by atoms with Crippen LogP contribution in [0.15, 0.2) is 59.8 Å². The summed E-state index contributed by atoms with van der Waals surface area (Å²) in [5, 5.41) is 3.66. The summed E-state index contributed by atoms with van der Waals surface area (Å²) in [7, 11) is 3.27. The molecule has 0 aliphatic carbocycles. The molecule has 0 amide bonds. The largest absolute Gasteiger partial charge is 0.493 e.